The zero-order chi connectivity index (χ0) is 15.1. The van der Waals surface area contributed by atoms with Crippen LogP contribution in [0, 0.1) is 0 Å². The summed E-state index contributed by atoms with van der Waals surface area (Å²) in [4.78, 5) is 26.3. The molecular weight excluding hydrogens is 300 g/mol. The van der Waals surface area contributed by atoms with Crippen molar-refractivity contribution in [2.45, 2.75) is 25.4 Å². The molecule has 1 unspecified atom stereocenters. The molecule has 0 spiro atoms. The van der Waals surface area contributed by atoms with E-state index in [4.69, 9.17) is 0 Å². The van der Waals surface area contributed by atoms with Crippen molar-refractivity contribution in [3.63, 3.8) is 0 Å². The molecule has 0 aromatic carbocycles. The third kappa shape index (κ3) is 2.24. The first kappa shape index (κ1) is 13.6. The second kappa shape index (κ2) is 5.29. The number of H-pyrrole nitrogens is 1. The van der Waals surface area contributed by atoms with Gasteiger partial charge in [0.15, 0.2) is 5.65 Å². The van der Waals surface area contributed by atoms with Crippen molar-refractivity contribution in [1.29, 1.82) is 0 Å². The molecule has 1 saturated heterocycles. The maximum absolute atomic E-state index is 12.1. The van der Waals surface area contributed by atoms with Crippen LogP contribution < -0.4 is 5.56 Å². The SMILES string of the molecule is Cn1ncc2c(=O)[nH]c(CN3CCCC3c3nccs3)nc21. The van der Waals surface area contributed by atoms with Gasteiger partial charge in [-0.3, -0.25) is 14.4 Å². The lowest BCUT2D eigenvalue weighted by Crippen LogP contribution is -2.25. The van der Waals surface area contributed by atoms with Gasteiger partial charge in [0.05, 0.1) is 18.8 Å². The Labute approximate surface area is 130 Å². The van der Waals surface area contributed by atoms with Crippen LogP contribution in [0.5, 0.6) is 0 Å². The number of fused-ring (bicyclic) bond motifs is 1. The van der Waals surface area contributed by atoms with Crippen LogP contribution in [0.25, 0.3) is 11.0 Å². The molecule has 8 heteroatoms. The standard InChI is InChI=1S/C14H16N6OS/c1-19-12-9(7-16-19)13(21)18-11(17-12)8-20-5-2-3-10(20)14-15-4-6-22-14/h4,6-7,10H,2-3,5,8H2,1H3,(H,17,18,21). The molecule has 0 aliphatic carbocycles. The van der Waals surface area contributed by atoms with Crippen molar-refractivity contribution in [3.05, 3.63) is 39.0 Å². The Balaban J connectivity index is 1.65. The van der Waals surface area contributed by atoms with E-state index in [2.05, 4.69) is 25.0 Å². The Morgan fingerprint density at radius 2 is 2.41 bits per heavy atom. The lowest BCUT2D eigenvalue weighted by Gasteiger charge is -2.21. The molecule has 22 heavy (non-hydrogen) atoms. The predicted octanol–water partition coefficient (Wildman–Crippen LogP) is 1.45. The van der Waals surface area contributed by atoms with Crippen molar-refractivity contribution in [2.24, 2.45) is 7.05 Å². The van der Waals surface area contributed by atoms with E-state index in [0.717, 1.165) is 24.4 Å². The van der Waals surface area contributed by atoms with Crippen molar-refractivity contribution in [3.8, 4) is 0 Å². The third-order valence-electron chi connectivity index (χ3n) is 4.10. The quantitative estimate of drug-likeness (QED) is 0.791. The molecule has 4 rings (SSSR count). The minimum Gasteiger partial charge on any atom is -0.309 e. The Hall–Kier alpha value is -2.06. The Morgan fingerprint density at radius 1 is 1.50 bits per heavy atom. The molecule has 0 amide bonds. The number of aromatic amines is 1. The van der Waals surface area contributed by atoms with Crippen LogP contribution >= 0.6 is 11.3 Å². The summed E-state index contributed by atoms with van der Waals surface area (Å²) in [5.74, 6) is 0.685. The van der Waals surface area contributed by atoms with Gasteiger partial charge >= 0.3 is 0 Å². The number of hydrogen-bond donors (Lipinski definition) is 1. The van der Waals surface area contributed by atoms with Gasteiger partial charge < -0.3 is 4.98 Å². The molecule has 1 atom stereocenters. The number of aryl methyl sites for hydroxylation is 1. The fourth-order valence-corrected chi connectivity index (χ4v) is 3.85. The van der Waals surface area contributed by atoms with Crippen LogP contribution in [0.15, 0.2) is 22.6 Å². The molecule has 3 aromatic rings. The Bertz CT molecular complexity index is 852. The Kier molecular flexibility index (Phi) is 3.27. The smallest absolute Gasteiger partial charge is 0.262 e. The molecule has 114 valence electrons. The van der Waals surface area contributed by atoms with Crippen molar-refractivity contribution < 1.29 is 0 Å². The molecular formula is C14H16N6OS. The first-order valence-corrected chi connectivity index (χ1v) is 8.14. The van der Waals surface area contributed by atoms with Crippen LogP contribution in [-0.2, 0) is 13.6 Å². The summed E-state index contributed by atoms with van der Waals surface area (Å²) >= 11 is 1.68. The van der Waals surface area contributed by atoms with Gasteiger partial charge in [0, 0.05) is 18.6 Å². The highest BCUT2D eigenvalue weighted by Crippen LogP contribution is 2.33. The summed E-state index contributed by atoms with van der Waals surface area (Å²) in [6, 6.07) is 0.326. The van der Waals surface area contributed by atoms with E-state index in [1.165, 1.54) is 0 Å². The van der Waals surface area contributed by atoms with Crippen molar-refractivity contribution >= 4 is 22.4 Å². The van der Waals surface area contributed by atoms with Gasteiger partial charge in [0.1, 0.15) is 16.2 Å². The van der Waals surface area contributed by atoms with Gasteiger partial charge in [-0.05, 0) is 19.4 Å². The average molecular weight is 316 g/mol. The highest BCUT2D eigenvalue weighted by Gasteiger charge is 2.28. The number of aromatic nitrogens is 5. The number of nitrogens with one attached hydrogen (secondary N) is 1. The highest BCUT2D eigenvalue weighted by molar-refractivity contribution is 7.09. The van der Waals surface area contributed by atoms with Crippen LogP contribution in [0.4, 0.5) is 0 Å². The minimum absolute atomic E-state index is 0.127. The summed E-state index contributed by atoms with van der Waals surface area (Å²) in [6.07, 6.45) is 5.64. The summed E-state index contributed by atoms with van der Waals surface area (Å²) in [7, 11) is 1.80. The molecule has 1 fully saturated rings. The van der Waals surface area contributed by atoms with Gasteiger partial charge in [-0.2, -0.15) is 5.10 Å². The van der Waals surface area contributed by atoms with E-state index in [-0.39, 0.29) is 5.56 Å². The third-order valence-corrected chi connectivity index (χ3v) is 4.98. The monoisotopic (exact) mass is 316 g/mol. The molecule has 0 radical (unpaired) electrons. The largest absolute Gasteiger partial charge is 0.309 e. The maximum atomic E-state index is 12.1. The molecule has 1 N–H and O–H groups in total. The molecule has 0 saturated carbocycles. The molecule has 7 nitrogen and oxygen atoms in total. The van der Waals surface area contributed by atoms with E-state index >= 15 is 0 Å². The zero-order valence-electron chi connectivity index (χ0n) is 12.2. The summed E-state index contributed by atoms with van der Waals surface area (Å²) in [5, 5.41) is 7.78. The van der Waals surface area contributed by atoms with Crippen LogP contribution in [0.1, 0.15) is 29.7 Å². The number of nitrogens with zero attached hydrogens (tertiary/aromatic N) is 5. The van der Waals surface area contributed by atoms with Gasteiger partial charge in [0.25, 0.3) is 5.56 Å². The van der Waals surface area contributed by atoms with Gasteiger partial charge in [0.2, 0.25) is 0 Å². The fraction of sp³-hybridized carbons (Fsp3) is 0.429. The molecule has 1 aliphatic heterocycles. The maximum Gasteiger partial charge on any atom is 0.262 e. The number of rotatable bonds is 3. The molecule has 0 bridgehead atoms. The summed E-state index contributed by atoms with van der Waals surface area (Å²) < 4.78 is 1.64. The topological polar surface area (TPSA) is 79.7 Å². The van der Waals surface area contributed by atoms with E-state index in [9.17, 15) is 4.79 Å². The molecule has 3 aromatic heterocycles. The fourth-order valence-electron chi connectivity index (χ4n) is 3.04. The highest BCUT2D eigenvalue weighted by atomic mass is 32.1. The first-order chi connectivity index (χ1) is 10.7. The molecule has 4 heterocycles. The number of thiazole rings is 1. The average Bonchev–Trinajstić information content (AvgIpc) is 3.20. The lowest BCUT2D eigenvalue weighted by atomic mass is 10.2. The lowest BCUT2D eigenvalue weighted by molar-refractivity contribution is 0.242. The van der Waals surface area contributed by atoms with Crippen molar-refractivity contribution in [2.75, 3.05) is 6.54 Å². The summed E-state index contributed by atoms with van der Waals surface area (Å²) in [6.45, 7) is 1.62. The Morgan fingerprint density at radius 3 is 3.23 bits per heavy atom. The van der Waals surface area contributed by atoms with Crippen LogP contribution in [0.2, 0.25) is 0 Å². The first-order valence-electron chi connectivity index (χ1n) is 7.27. The second-order valence-electron chi connectivity index (χ2n) is 5.52. The van der Waals surface area contributed by atoms with Gasteiger partial charge in [-0.1, -0.05) is 0 Å². The van der Waals surface area contributed by atoms with Crippen LogP contribution in [0.3, 0.4) is 0 Å². The van der Waals surface area contributed by atoms with Crippen molar-refractivity contribution in [1.82, 2.24) is 29.6 Å². The van der Waals surface area contributed by atoms with Gasteiger partial charge in [-0.15, -0.1) is 11.3 Å². The van der Waals surface area contributed by atoms with Gasteiger partial charge in [-0.25, -0.2) is 9.97 Å². The number of hydrogen-bond acceptors (Lipinski definition) is 6. The second-order valence-corrected chi connectivity index (χ2v) is 6.44. The summed E-state index contributed by atoms with van der Waals surface area (Å²) in [5.41, 5.74) is 0.502. The van der Waals surface area contributed by atoms with Crippen LogP contribution in [-0.4, -0.2) is 36.2 Å². The number of likely N-dealkylation sites (tertiary alicyclic amines) is 1. The van der Waals surface area contributed by atoms with E-state index in [1.54, 1.807) is 29.3 Å². The van der Waals surface area contributed by atoms with E-state index < -0.39 is 0 Å². The van der Waals surface area contributed by atoms with E-state index in [0.29, 0.717) is 29.4 Å². The minimum atomic E-state index is -0.127. The molecule has 1 aliphatic rings. The predicted molar refractivity (Wildman–Crippen MR) is 83.6 cm³/mol. The van der Waals surface area contributed by atoms with E-state index in [1.807, 2.05) is 11.6 Å². The normalized spacial score (nSPS) is 19.2. The zero-order valence-corrected chi connectivity index (χ0v) is 13.0.